The van der Waals surface area contributed by atoms with E-state index in [9.17, 15) is 4.79 Å². The van der Waals surface area contributed by atoms with Crippen LogP contribution in [0, 0.1) is 0 Å². The fourth-order valence-corrected chi connectivity index (χ4v) is 2.44. The first-order valence-electron chi connectivity index (χ1n) is 8.42. The van der Waals surface area contributed by atoms with E-state index >= 15 is 0 Å². The molecular formula is C20H25NO3. The molecule has 0 radical (unpaired) electrons. The zero-order valence-corrected chi connectivity index (χ0v) is 14.4. The maximum Gasteiger partial charge on any atom is 0.224 e. The van der Waals surface area contributed by atoms with Crippen molar-refractivity contribution < 1.29 is 14.3 Å². The van der Waals surface area contributed by atoms with Gasteiger partial charge >= 0.3 is 0 Å². The highest BCUT2D eigenvalue weighted by molar-refractivity contribution is 5.78. The van der Waals surface area contributed by atoms with Gasteiger partial charge in [-0.25, -0.2) is 0 Å². The zero-order valence-electron chi connectivity index (χ0n) is 14.4. The normalized spacial score (nSPS) is 10.2. The fraction of sp³-hybridized carbons (Fsp3) is 0.350. The third-order valence-electron chi connectivity index (χ3n) is 3.55. The van der Waals surface area contributed by atoms with E-state index in [4.69, 9.17) is 9.47 Å². The molecule has 24 heavy (non-hydrogen) atoms. The van der Waals surface area contributed by atoms with Gasteiger partial charge in [0.1, 0.15) is 0 Å². The lowest BCUT2D eigenvalue weighted by Crippen LogP contribution is -2.27. The second-order valence-corrected chi connectivity index (χ2v) is 5.41. The molecule has 128 valence electrons. The third kappa shape index (κ3) is 5.61. The lowest BCUT2D eigenvalue weighted by atomic mass is 10.1. The summed E-state index contributed by atoms with van der Waals surface area (Å²) in [5.41, 5.74) is 2.14. The number of carbonyl (C=O) groups excluding carboxylic acids is 1. The van der Waals surface area contributed by atoms with Crippen molar-refractivity contribution in [3.63, 3.8) is 0 Å². The second kappa shape index (κ2) is 9.60. The molecule has 0 atom stereocenters. The molecule has 0 spiro atoms. The zero-order chi connectivity index (χ0) is 17.2. The van der Waals surface area contributed by atoms with Crippen LogP contribution in [-0.2, 0) is 17.6 Å². The summed E-state index contributed by atoms with van der Waals surface area (Å²) in [5, 5.41) is 2.96. The van der Waals surface area contributed by atoms with Gasteiger partial charge < -0.3 is 14.8 Å². The van der Waals surface area contributed by atoms with Gasteiger partial charge in [0.2, 0.25) is 5.91 Å². The Hall–Kier alpha value is -2.49. The van der Waals surface area contributed by atoms with Crippen LogP contribution in [0.3, 0.4) is 0 Å². The minimum absolute atomic E-state index is 0.0390. The lowest BCUT2D eigenvalue weighted by molar-refractivity contribution is -0.120. The molecule has 0 unspecified atom stereocenters. The van der Waals surface area contributed by atoms with Gasteiger partial charge in [-0.2, -0.15) is 0 Å². The molecule has 4 nitrogen and oxygen atoms in total. The summed E-state index contributed by atoms with van der Waals surface area (Å²) in [6.07, 6.45) is 1.17. The Morgan fingerprint density at radius 3 is 2.33 bits per heavy atom. The van der Waals surface area contributed by atoms with E-state index in [-0.39, 0.29) is 5.91 Å². The van der Waals surface area contributed by atoms with Crippen LogP contribution in [0.1, 0.15) is 25.0 Å². The largest absolute Gasteiger partial charge is 0.490 e. The highest BCUT2D eigenvalue weighted by Gasteiger charge is 2.07. The van der Waals surface area contributed by atoms with Crippen LogP contribution >= 0.6 is 0 Å². The number of ether oxygens (including phenoxy) is 2. The first-order valence-corrected chi connectivity index (χ1v) is 8.42. The Balaban J connectivity index is 1.85. The summed E-state index contributed by atoms with van der Waals surface area (Å²) in [6.45, 7) is 5.70. The first kappa shape index (κ1) is 17.9. The second-order valence-electron chi connectivity index (χ2n) is 5.41. The molecule has 0 saturated carbocycles. The van der Waals surface area contributed by atoms with Crippen LogP contribution in [0.15, 0.2) is 48.5 Å². The summed E-state index contributed by atoms with van der Waals surface area (Å²) in [7, 11) is 0. The van der Waals surface area contributed by atoms with Crippen molar-refractivity contribution in [1.82, 2.24) is 5.32 Å². The monoisotopic (exact) mass is 327 g/mol. The maximum absolute atomic E-state index is 12.0. The van der Waals surface area contributed by atoms with Crippen LogP contribution < -0.4 is 14.8 Å². The van der Waals surface area contributed by atoms with Gasteiger partial charge in [-0.15, -0.1) is 0 Å². The van der Waals surface area contributed by atoms with Crippen molar-refractivity contribution in [2.24, 2.45) is 0 Å². The summed E-state index contributed by atoms with van der Waals surface area (Å²) >= 11 is 0. The van der Waals surface area contributed by atoms with Gasteiger partial charge in [-0.05, 0) is 43.5 Å². The first-order chi connectivity index (χ1) is 11.7. The van der Waals surface area contributed by atoms with Crippen molar-refractivity contribution in [1.29, 1.82) is 0 Å². The number of benzene rings is 2. The van der Waals surface area contributed by atoms with Gasteiger partial charge in [0, 0.05) is 6.54 Å². The maximum atomic E-state index is 12.0. The molecule has 4 heteroatoms. The summed E-state index contributed by atoms with van der Waals surface area (Å²) in [5.74, 6) is 1.56. The van der Waals surface area contributed by atoms with E-state index in [2.05, 4.69) is 5.32 Å². The van der Waals surface area contributed by atoms with Gasteiger partial charge in [-0.1, -0.05) is 36.4 Å². The average molecular weight is 327 g/mol. The van der Waals surface area contributed by atoms with E-state index < -0.39 is 0 Å². The number of nitrogens with one attached hydrogen (secondary N) is 1. The number of carbonyl (C=O) groups is 1. The SMILES string of the molecule is CCOc1ccc(CCNC(=O)Cc2ccccc2)cc1OCC. The Morgan fingerprint density at radius 2 is 1.62 bits per heavy atom. The van der Waals surface area contributed by atoms with Crippen molar-refractivity contribution in [3.05, 3.63) is 59.7 Å². The highest BCUT2D eigenvalue weighted by atomic mass is 16.5. The Bertz CT molecular complexity index is 641. The highest BCUT2D eigenvalue weighted by Crippen LogP contribution is 2.28. The van der Waals surface area contributed by atoms with E-state index in [0.29, 0.717) is 26.2 Å². The smallest absolute Gasteiger partial charge is 0.224 e. The summed E-state index contributed by atoms with van der Waals surface area (Å²) in [4.78, 5) is 12.0. The van der Waals surface area contributed by atoms with Crippen LogP contribution in [0.4, 0.5) is 0 Å². The number of amides is 1. The number of hydrogen-bond donors (Lipinski definition) is 1. The van der Waals surface area contributed by atoms with Crippen LogP contribution in [-0.4, -0.2) is 25.7 Å². The molecule has 2 aromatic carbocycles. The van der Waals surface area contributed by atoms with E-state index in [0.717, 1.165) is 29.0 Å². The van der Waals surface area contributed by atoms with Gasteiger partial charge in [0.05, 0.1) is 19.6 Å². The molecule has 2 aromatic rings. The van der Waals surface area contributed by atoms with Crippen molar-refractivity contribution in [3.8, 4) is 11.5 Å². The van der Waals surface area contributed by atoms with E-state index in [1.807, 2.05) is 62.4 Å². The third-order valence-corrected chi connectivity index (χ3v) is 3.55. The Morgan fingerprint density at radius 1 is 0.917 bits per heavy atom. The predicted molar refractivity (Wildman–Crippen MR) is 95.6 cm³/mol. The van der Waals surface area contributed by atoms with Gasteiger partial charge in [0.25, 0.3) is 0 Å². The Kier molecular flexibility index (Phi) is 7.15. The minimum atomic E-state index is 0.0390. The standard InChI is InChI=1S/C20H25NO3/c1-3-23-18-11-10-17(14-19(18)24-4-2)12-13-21-20(22)15-16-8-6-5-7-9-16/h5-11,14H,3-4,12-13,15H2,1-2H3,(H,21,22). The molecule has 2 rings (SSSR count). The summed E-state index contributed by atoms with van der Waals surface area (Å²) < 4.78 is 11.2. The Labute approximate surface area is 143 Å². The fourth-order valence-electron chi connectivity index (χ4n) is 2.44. The molecular weight excluding hydrogens is 302 g/mol. The molecule has 0 bridgehead atoms. The molecule has 0 aliphatic rings. The van der Waals surface area contributed by atoms with Crippen molar-refractivity contribution >= 4 is 5.91 Å². The summed E-state index contributed by atoms with van der Waals surface area (Å²) in [6, 6.07) is 15.7. The average Bonchev–Trinajstić information content (AvgIpc) is 2.58. The van der Waals surface area contributed by atoms with Gasteiger partial charge in [0.15, 0.2) is 11.5 Å². The van der Waals surface area contributed by atoms with Crippen LogP contribution in [0.2, 0.25) is 0 Å². The number of rotatable bonds is 9. The topological polar surface area (TPSA) is 47.6 Å². The predicted octanol–water partition coefficient (Wildman–Crippen LogP) is 3.39. The molecule has 0 aromatic heterocycles. The number of hydrogen-bond acceptors (Lipinski definition) is 3. The molecule has 0 aliphatic heterocycles. The quantitative estimate of drug-likeness (QED) is 0.768. The van der Waals surface area contributed by atoms with E-state index in [1.165, 1.54) is 0 Å². The molecule has 0 aliphatic carbocycles. The molecule has 0 saturated heterocycles. The molecule has 0 heterocycles. The molecule has 1 amide bonds. The van der Waals surface area contributed by atoms with Crippen molar-refractivity contribution in [2.75, 3.05) is 19.8 Å². The van der Waals surface area contributed by atoms with Gasteiger partial charge in [-0.3, -0.25) is 4.79 Å². The van der Waals surface area contributed by atoms with E-state index in [1.54, 1.807) is 0 Å². The van der Waals surface area contributed by atoms with Crippen molar-refractivity contribution in [2.45, 2.75) is 26.7 Å². The van der Waals surface area contributed by atoms with Crippen LogP contribution in [0.25, 0.3) is 0 Å². The minimum Gasteiger partial charge on any atom is -0.490 e. The molecule has 1 N–H and O–H groups in total. The van der Waals surface area contributed by atoms with Crippen LogP contribution in [0.5, 0.6) is 11.5 Å². The molecule has 0 fully saturated rings. The lowest BCUT2D eigenvalue weighted by Gasteiger charge is -2.12.